The molecular weight excluding hydrogens is 362 g/mol. The molecule has 7 heteroatoms. The van der Waals surface area contributed by atoms with Crippen molar-refractivity contribution in [2.45, 2.75) is 26.3 Å². The van der Waals surface area contributed by atoms with Gasteiger partial charge >= 0.3 is 0 Å². The van der Waals surface area contributed by atoms with Crippen molar-refractivity contribution in [1.82, 2.24) is 14.9 Å². The van der Waals surface area contributed by atoms with Crippen LogP contribution >= 0.6 is 11.6 Å². The van der Waals surface area contributed by atoms with E-state index in [9.17, 15) is 4.79 Å². The van der Waals surface area contributed by atoms with E-state index in [2.05, 4.69) is 27.0 Å². The van der Waals surface area contributed by atoms with E-state index in [-0.39, 0.29) is 11.6 Å². The van der Waals surface area contributed by atoms with Crippen molar-refractivity contribution >= 4 is 29.1 Å². The van der Waals surface area contributed by atoms with Crippen molar-refractivity contribution in [3.8, 4) is 0 Å². The van der Waals surface area contributed by atoms with Gasteiger partial charge in [0.05, 0.1) is 11.2 Å². The summed E-state index contributed by atoms with van der Waals surface area (Å²) in [7, 11) is 4.01. The molecule has 0 unspecified atom stereocenters. The first-order chi connectivity index (χ1) is 13.0. The Morgan fingerprint density at radius 3 is 2.44 bits per heavy atom. The first-order valence-corrected chi connectivity index (χ1v) is 9.70. The van der Waals surface area contributed by atoms with Crippen LogP contribution in [0.15, 0.2) is 30.5 Å². The lowest BCUT2D eigenvalue weighted by Gasteiger charge is -2.22. The lowest BCUT2D eigenvalue weighted by molar-refractivity contribution is 0.0746. The van der Waals surface area contributed by atoms with Gasteiger partial charge in [-0.2, -0.15) is 0 Å². The Hall–Kier alpha value is -2.34. The van der Waals surface area contributed by atoms with Gasteiger partial charge in [0, 0.05) is 46.0 Å². The molecule has 0 atom stereocenters. The molecule has 1 fully saturated rings. The minimum atomic E-state index is -0.165. The first kappa shape index (κ1) is 19.4. The van der Waals surface area contributed by atoms with Gasteiger partial charge in [0.1, 0.15) is 0 Å². The van der Waals surface area contributed by atoms with E-state index in [1.54, 1.807) is 4.90 Å². The van der Waals surface area contributed by atoms with Crippen molar-refractivity contribution in [3.63, 3.8) is 0 Å². The molecule has 3 rings (SSSR count). The molecule has 0 saturated carbocycles. The Kier molecular flexibility index (Phi) is 6.16. The number of anilines is 2. The lowest BCUT2D eigenvalue weighted by atomic mass is 10.2. The van der Waals surface area contributed by atoms with Crippen LogP contribution in [0.5, 0.6) is 0 Å². The fourth-order valence-electron chi connectivity index (χ4n) is 3.17. The van der Waals surface area contributed by atoms with E-state index >= 15 is 0 Å². The van der Waals surface area contributed by atoms with Crippen LogP contribution in [0.1, 0.15) is 35.8 Å². The normalized spacial score (nSPS) is 13.7. The molecule has 0 spiro atoms. The summed E-state index contributed by atoms with van der Waals surface area (Å²) in [5.41, 5.74) is 2.48. The minimum Gasteiger partial charge on any atom is -0.378 e. The molecule has 0 radical (unpaired) electrons. The molecule has 1 saturated heterocycles. The van der Waals surface area contributed by atoms with Crippen LogP contribution in [0.4, 0.5) is 11.6 Å². The van der Waals surface area contributed by atoms with Gasteiger partial charge in [-0.15, -0.1) is 0 Å². The molecule has 1 aliphatic heterocycles. The predicted molar refractivity (Wildman–Crippen MR) is 110 cm³/mol. The Labute approximate surface area is 165 Å². The quantitative estimate of drug-likeness (QED) is 0.759. The molecule has 2 aromatic rings. The Balaban J connectivity index is 1.78. The second-order valence-electron chi connectivity index (χ2n) is 6.94. The topological polar surface area (TPSA) is 52.6 Å². The molecule has 0 bridgehead atoms. The van der Waals surface area contributed by atoms with Crippen LogP contribution in [0.3, 0.4) is 0 Å². The largest absolute Gasteiger partial charge is 0.378 e. The summed E-state index contributed by atoms with van der Waals surface area (Å²) in [4.78, 5) is 27.8. The monoisotopic (exact) mass is 387 g/mol. The number of benzene rings is 1. The minimum absolute atomic E-state index is 0.165. The Morgan fingerprint density at radius 2 is 1.85 bits per heavy atom. The zero-order chi connectivity index (χ0) is 19.4. The third-order valence-corrected chi connectivity index (χ3v) is 5.09. The molecule has 27 heavy (non-hydrogen) atoms. The second kappa shape index (κ2) is 8.57. The molecule has 0 N–H and O–H groups in total. The molecule has 1 amide bonds. The van der Waals surface area contributed by atoms with E-state index in [0.717, 1.165) is 37.2 Å². The number of rotatable bonds is 6. The summed E-state index contributed by atoms with van der Waals surface area (Å²) < 4.78 is 0. The van der Waals surface area contributed by atoms with E-state index in [1.165, 1.54) is 6.20 Å². The van der Waals surface area contributed by atoms with E-state index in [0.29, 0.717) is 24.1 Å². The van der Waals surface area contributed by atoms with Gasteiger partial charge in [0.25, 0.3) is 5.91 Å². The number of hydrogen-bond donors (Lipinski definition) is 0. The van der Waals surface area contributed by atoms with Gasteiger partial charge in [-0.3, -0.25) is 4.79 Å². The maximum absolute atomic E-state index is 13.1. The first-order valence-electron chi connectivity index (χ1n) is 9.32. The summed E-state index contributed by atoms with van der Waals surface area (Å²) in [5, 5.41) is 0.296. The Bertz CT molecular complexity index is 787. The van der Waals surface area contributed by atoms with Gasteiger partial charge < -0.3 is 14.7 Å². The number of carbonyl (C=O) groups is 1. The van der Waals surface area contributed by atoms with Crippen molar-refractivity contribution in [2.24, 2.45) is 0 Å². The van der Waals surface area contributed by atoms with Gasteiger partial charge in [-0.05, 0) is 37.5 Å². The summed E-state index contributed by atoms with van der Waals surface area (Å²) in [6, 6.07) is 8.19. The number of amides is 1. The number of halogens is 1. The number of nitrogens with zero attached hydrogens (tertiary/aromatic N) is 5. The third kappa shape index (κ3) is 4.50. The summed E-state index contributed by atoms with van der Waals surface area (Å²) in [5.74, 6) is 0.425. The predicted octanol–water partition coefficient (Wildman–Crippen LogP) is 3.46. The van der Waals surface area contributed by atoms with E-state index in [4.69, 9.17) is 11.6 Å². The standard InChI is InChI=1S/C20H26ClN5O/c1-4-25(14-15-7-9-16(10-8-15)24(2)3)19(27)18-17(21)13-22-20(23-18)26-11-5-6-12-26/h7-10,13H,4-6,11-12,14H2,1-3H3. The molecule has 1 aliphatic rings. The zero-order valence-electron chi connectivity index (χ0n) is 16.2. The maximum atomic E-state index is 13.1. The van der Waals surface area contributed by atoms with Crippen LogP contribution < -0.4 is 9.80 Å². The fourth-order valence-corrected chi connectivity index (χ4v) is 3.35. The van der Waals surface area contributed by atoms with E-state index < -0.39 is 0 Å². The Morgan fingerprint density at radius 1 is 1.19 bits per heavy atom. The highest BCUT2D eigenvalue weighted by molar-refractivity contribution is 6.33. The molecule has 0 aliphatic carbocycles. The number of aromatic nitrogens is 2. The van der Waals surface area contributed by atoms with Crippen LogP contribution in [0, 0.1) is 0 Å². The van der Waals surface area contributed by atoms with Crippen molar-refractivity contribution in [1.29, 1.82) is 0 Å². The second-order valence-corrected chi connectivity index (χ2v) is 7.35. The van der Waals surface area contributed by atoms with Crippen LogP contribution in [0.2, 0.25) is 5.02 Å². The van der Waals surface area contributed by atoms with Crippen LogP contribution in [-0.4, -0.2) is 54.5 Å². The average molecular weight is 388 g/mol. The molecule has 1 aromatic heterocycles. The number of carbonyl (C=O) groups excluding carboxylic acids is 1. The van der Waals surface area contributed by atoms with Crippen molar-refractivity contribution < 1.29 is 4.79 Å². The zero-order valence-corrected chi connectivity index (χ0v) is 16.9. The SMILES string of the molecule is CCN(Cc1ccc(N(C)C)cc1)C(=O)c1nc(N2CCCC2)ncc1Cl. The fraction of sp³-hybridized carbons (Fsp3) is 0.450. The number of hydrogen-bond acceptors (Lipinski definition) is 5. The summed E-state index contributed by atoms with van der Waals surface area (Å²) in [6.07, 6.45) is 3.79. The molecule has 2 heterocycles. The maximum Gasteiger partial charge on any atom is 0.274 e. The van der Waals surface area contributed by atoms with Crippen LogP contribution in [-0.2, 0) is 6.54 Å². The lowest BCUT2D eigenvalue weighted by Crippen LogP contribution is -2.32. The highest BCUT2D eigenvalue weighted by atomic mass is 35.5. The van der Waals surface area contributed by atoms with E-state index in [1.807, 2.05) is 38.1 Å². The van der Waals surface area contributed by atoms with Gasteiger partial charge in [-0.1, -0.05) is 23.7 Å². The molecule has 1 aromatic carbocycles. The van der Waals surface area contributed by atoms with Crippen molar-refractivity contribution in [3.05, 3.63) is 46.7 Å². The van der Waals surface area contributed by atoms with Crippen molar-refractivity contribution in [2.75, 3.05) is 43.5 Å². The van der Waals surface area contributed by atoms with Crippen LogP contribution in [0.25, 0.3) is 0 Å². The van der Waals surface area contributed by atoms with Gasteiger partial charge in [0.2, 0.25) is 5.95 Å². The van der Waals surface area contributed by atoms with Gasteiger partial charge in [-0.25, -0.2) is 9.97 Å². The molecule has 144 valence electrons. The molecule has 6 nitrogen and oxygen atoms in total. The highest BCUT2D eigenvalue weighted by Crippen LogP contribution is 2.22. The third-order valence-electron chi connectivity index (χ3n) is 4.82. The smallest absolute Gasteiger partial charge is 0.274 e. The van der Waals surface area contributed by atoms with Gasteiger partial charge in [0.15, 0.2) is 5.69 Å². The summed E-state index contributed by atoms with van der Waals surface area (Å²) >= 11 is 6.26. The molecular formula is C20H26ClN5O. The average Bonchev–Trinajstić information content (AvgIpc) is 3.21. The highest BCUT2D eigenvalue weighted by Gasteiger charge is 2.23. The summed E-state index contributed by atoms with van der Waals surface area (Å²) in [6.45, 7) is 4.90.